The lowest BCUT2D eigenvalue weighted by Crippen LogP contribution is -2.43. The molecule has 2 amide bonds. The van der Waals surface area contributed by atoms with Crippen LogP contribution in [0.25, 0.3) is 0 Å². The number of hydrogen-bond acceptors (Lipinski definition) is 1. The molecular formula is C27H32ClN3O. The number of anilines is 1. The summed E-state index contributed by atoms with van der Waals surface area (Å²) in [5.41, 5.74) is 5.39. The number of carbonyl (C=O) groups excluding carboxylic acids is 1. The Hall–Kier alpha value is -2.72. The fraction of sp³-hybridized carbons (Fsp3) is 0.370. The van der Waals surface area contributed by atoms with E-state index in [2.05, 4.69) is 48.1 Å². The van der Waals surface area contributed by atoms with E-state index in [1.165, 1.54) is 24.8 Å². The summed E-state index contributed by atoms with van der Waals surface area (Å²) in [4.78, 5) is 15.6. The Kier molecular flexibility index (Phi) is 7.21. The quantitative estimate of drug-likeness (QED) is 0.425. The summed E-state index contributed by atoms with van der Waals surface area (Å²) in [5, 5.41) is 3.96. The van der Waals surface area contributed by atoms with E-state index in [9.17, 15) is 4.79 Å². The van der Waals surface area contributed by atoms with Crippen molar-refractivity contribution in [2.45, 2.75) is 65.1 Å². The summed E-state index contributed by atoms with van der Waals surface area (Å²) in [6.07, 6.45) is 7.81. The van der Waals surface area contributed by atoms with Gasteiger partial charge in [-0.3, -0.25) is 0 Å². The highest BCUT2D eigenvalue weighted by atomic mass is 35.5. The lowest BCUT2D eigenvalue weighted by Gasteiger charge is -2.35. The minimum atomic E-state index is -0.0175. The first-order valence-electron chi connectivity index (χ1n) is 11.5. The second-order valence-electron chi connectivity index (χ2n) is 8.82. The minimum Gasteiger partial charge on any atom is -0.345 e. The van der Waals surface area contributed by atoms with Gasteiger partial charge in [0.25, 0.3) is 0 Å². The lowest BCUT2D eigenvalue weighted by atomic mass is 9.94. The molecule has 3 aromatic rings. The molecule has 0 aliphatic heterocycles. The summed E-state index contributed by atoms with van der Waals surface area (Å²) < 4.78 is 2.20. The smallest absolute Gasteiger partial charge is 0.322 e. The zero-order valence-corrected chi connectivity index (χ0v) is 19.7. The molecule has 1 fully saturated rings. The van der Waals surface area contributed by atoms with Crippen molar-refractivity contribution < 1.29 is 4.79 Å². The summed E-state index contributed by atoms with van der Waals surface area (Å²) in [6.45, 7) is 5.41. The van der Waals surface area contributed by atoms with E-state index < -0.39 is 0 Å². The Morgan fingerprint density at radius 3 is 2.59 bits per heavy atom. The first-order valence-corrected chi connectivity index (χ1v) is 11.9. The molecule has 0 saturated heterocycles. The number of nitrogens with zero attached hydrogens (tertiary/aromatic N) is 2. The highest BCUT2D eigenvalue weighted by Gasteiger charge is 2.27. The Morgan fingerprint density at radius 1 is 1.03 bits per heavy atom. The molecule has 1 heterocycles. The van der Waals surface area contributed by atoms with Crippen LogP contribution in [0.3, 0.4) is 0 Å². The van der Waals surface area contributed by atoms with Crippen molar-refractivity contribution in [3.05, 3.63) is 88.2 Å². The maximum absolute atomic E-state index is 13.5. The number of halogens is 1. The molecule has 5 heteroatoms. The molecule has 0 atom stereocenters. The molecule has 0 unspecified atom stereocenters. The van der Waals surface area contributed by atoms with Gasteiger partial charge in [-0.25, -0.2) is 4.79 Å². The number of nitrogens with one attached hydrogen (secondary N) is 1. The maximum atomic E-state index is 13.5. The average Bonchev–Trinajstić information content (AvgIpc) is 3.24. The largest absolute Gasteiger partial charge is 0.345 e. The van der Waals surface area contributed by atoms with Crippen molar-refractivity contribution >= 4 is 23.3 Å². The van der Waals surface area contributed by atoms with Crippen LogP contribution in [0, 0.1) is 13.8 Å². The van der Waals surface area contributed by atoms with Crippen LogP contribution in [0.5, 0.6) is 0 Å². The number of rotatable bonds is 6. The van der Waals surface area contributed by atoms with Crippen molar-refractivity contribution in [1.82, 2.24) is 9.47 Å². The third-order valence-corrected chi connectivity index (χ3v) is 7.05. The number of amides is 2. The van der Waals surface area contributed by atoms with Crippen LogP contribution in [0.2, 0.25) is 5.02 Å². The van der Waals surface area contributed by atoms with Crippen LogP contribution in [0.1, 0.15) is 54.5 Å². The van der Waals surface area contributed by atoms with E-state index in [1.807, 2.05) is 41.3 Å². The minimum absolute atomic E-state index is 0.0175. The summed E-state index contributed by atoms with van der Waals surface area (Å²) in [5.74, 6) is 0. The molecule has 0 bridgehead atoms. The Bertz CT molecular complexity index is 1070. The first-order chi connectivity index (χ1) is 15.5. The van der Waals surface area contributed by atoms with Crippen molar-refractivity contribution in [2.24, 2.45) is 0 Å². The third-order valence-electron chi connectivity index (χ3n) is 6.68. The molecule has 1 aliphatic carbocycles. The number of carbonyl (C=O) groups is 1. The average molecular weight is 450 g/mol. The van der Waals surface area contributed by atoms with Crippen LogP contribution < -0.4 is 5.32 Å². The van der Waals surface area contributed by atoms with Gasteiger partial charge in [-0.1, -0.05) is 61.2 Å². The first kappa shape index (κ1) is 22.5. The van der Waals surface area contributed by atoms with E-state index in [-0.39, 0.29) is 12.1 Å². The van der Waals surface area contributed by atoms with Gasteiger partial charge in [0.2, 0.25) is 0 Å². The van der Waals surface area contributed by atoms with Crippen molar-refractivity contribution in [3.8, 4) is 0 Å². The molecule has 1 aliphatic rings. The van der Waals surface area contributed by atoms with E-state index in [0.717, 1.165) is 40.4 Å². The molecule has 0 radical (unpaired) electrons. The van der Waals surface area contributed by atoms with Gasteiger partial charge in [-0.15, -0.1) is 0 Å². The molecule has 1 aromatic heterocycles. The molecule has 4 nitrogen and oxygen atoms in total. The fourth-order valence-corrected chi connectivity index (χ4v) is 4.76. The molecule has 4 rings (SSSR count). The number of aryl methyl sites for hydroxylation is 1. The molecule has 0 spiro atoms. The SMILES string of the molecule is Cc1cccc(NC(=O)N(Cc2cccn2Cc2ccccc2Cl)C2CCCCC2)c1C. The van der Waals surface area contributed by atoms with E-state index >= 15 is 0 Å². The number of benzene rings is 2. The van der Waals surface area contributed by atoms with Gasteiger partial charge in [0, 0.05) is 35.2 Å². The van der Waals surface area contributed by atoms with Crippen molar-refractivity contribution in [2.75, 3.05) is 5.32 Å². The number of hydrogen-bond donors (Lipinski definition) is 1. The van der Waals surface area contributed by atoms with Crippen LogP contribution in [0.15, 0.2) is 60.8 Å². The molecule has 168 valence electrons. The second-order valence-corrected chi connectivity index (χ2v) is 9.22. The molecule has 32 heavy (non-hydrogen) atoms. The van der Waals surface area contributed by atoms with Crippen LogP contribution >= 0.6 is 11.6 Å². The Labute approximate surface area is 196 Å². The standard InChI is InChI=1S/C27H32ClN3O/c1-20-10-8-16-26(21(20)2)29-27(32)31(23-12-4-3-5-13-23)19-24-14-9-17-30(24)18-22-11-6-7-15-25(22)28/h6-11,14-17,23H,3-5,12-13,18-19H2,1-2H3,(H,29,32). The summed E-state index contributed by atoms with van der Waals surface area (Å²) in [6, 6.07) is 18.4. The Balaban J connectivity index is 1.57. The van der Waals surface area contributed by atoms with Crippen LogP contribution in [-0.2, 0) is 13.1 Å². The highest BCUT2D eigenvalue weighted by molar-refractivity contribution is 6.31. The predicted molar refractivity (Wildman–Crippen MR) is 132 cm³/mol. The van der Waals surface area contributed by atoms with Gasteiger partial charge in [-0.05, 0) is 67.6 Å². The summed E-state index contributed by atoms with van der Waals surface area (Å²) >= 11 is 6.40. The van der Waals surface area contributed by atoms with Crippen molar-refractivity contribution in [1.29, 1.82) is 0 Å². The second kappa shape index (κ2) is 10.3. The molecule has 2 aromatic carbocycles. The highest BCUT2D eigenvalue weighted by Crippen LogP contribution is 2.27. The van der Waals surface area contributed by atoms with Gasteiger partial charge in [0.15, 0.2) is 0 Å². The normalized spacial score (nSPS) is 14.3. The Morgan fingerprint density at radius 2 is 1.81 bits per heavy atom. The zero-order valence-electron chi connectivity index (χ0n) is 19.0. The van der Waals surface area contributed by atoms with Gasteiger partial charge < -0.3 is 14.8 Å². The topological polar surface area (TPSA) is 37.3 Å². The monoisotopic (exact) mass is 449 g/mol. The molecular weight excluding hydrogens is 418 g/mol. The maximum Gasteiger partial charge on any atom is 0.322 e. The van der Waals surface area contributed by atoms with Gasteiger partial charge in [-0.2, -0.15) is 0 Å². The summed E-state index contributed by atoms with van der Waals surface area (Å²) in [7, 11) is 0. The molecule has 1 N–H and O–H groups in total. The number of urea groups is 1. The lowest BCUT2D eigenvalue weighted by molar-refractivity contribution is 0.161. The van der Waals surface area contributed by atoms with E-state index in [4.69, 9.17) is 11.6 Å². The fourth-order valence-electron chi connectivity index (χ4n) is 4.56. The van der Waals surface area contributed by atoms with Crippen LogP contribution in [0.4, 0.5) is 10.5 Å². The van der Waals surface area contributed by atoms with Gasteiger partial charge in [0.1, 0.15) is 0 Å². The van der Waals surface area contributed by atoms with Crippen LogP contribution in [-0.4, -0.2) is 21.5 Å². The zero-order chi connectivity index (χ0) is 22.5. The van der Waals surface area contributed by atoms with Crippen molar-refractivity contribution in [3.63, 3.8) is 0 Å². The van der Waals surface area contributed by atoms with Gasteiger partial charge in [0.05, 0.1) is 6.54 Å². The third kappa shape index (κ3) is 5.18. The van der Waals surface area contributed by atoms with Gasteiger partial charge >= 0.3 is 6.03 Å². The predicted octanol–water partition coefficient (Wildman–Crippen LogP) is 7.17. The van der Waals surface area contributed by atoms with E-state index in [1.54, 1.807) is 0 Å². The number of aromatic nitrogens is 1. The van der Waals surface area contributed by atoms with E-state index in [0.29, 0.717) is 13.1 Å². The molecule has 1 saturated carbocycles.